The molecule has 0 unspecified atom stereocenters. The van der Waals surface area contributed by atoms with Gasteiger partial charge in [-0.2, -0.15) is 5.26 Å². The molecule has 168 valence electrons. The number of carbonyl (C=O) groups excluding carboxylic acids is 5. The lowest BCUT2D eigenvalue weighted by atomic mass is 9.91. The topological polar surface area (TPSA) is 149 Å². The zero-order valence-electron chi connectivity index (χ0n) is 17.5. The largest absolute Gasteiger partial charge is 0.463 e. The SMILES string of the molecule is CC(=O)OC[C@H]1O[C@@H](C#N)[C@H](N2C(=O)c3ccccc3C2=O)[C@@H](OC(C)=O)[C@@H]1OC(C)=O. The van der Waals surface area contributed by atoms with Crippen LogP contribution in [0.4, 0.5) is 0 Å². The summed E-state index contributed by atoms with van der Waals surface area (Å²) in [6.07, 6.45) is -5.47. The van der Waals surface area contributed by atoms with Crippen molar-refractivity contribution < 1.29 is 42.9 Å². The molecule has 0 bridgehead atoms. The molecular weight excluding hydrogens is 424 g/mol. The number of carbonyl (C=O) groups is 5. The van der Waals surface area contributed by atoms with E-state index in [0.717, 1.165) is 25.7 Å². The molecule has 32 heavy (non-hydrogen) atoms. The van der Waals surface area contributed by atoms with Crippen LogP contribution in [0.25, 0.3) is 0 Å². The molecule has 2 heterocycles. The van der Waals surface area contributed by atoms with Gasteiger partial charge >= 0.3 is 17.9 Å². The fourth-order valence-electron chi connectivity index (χ4n) is 3.79. The highest BCUT2D eigenvalue weighted by Gasteiger charge is 2.56. The molecular formula is C21H20N2O9. The predicted octanol–water partition coefficient (Wildman–Crippen LogP) is 0.369. The summed E-state index contributed by atoms with van der Waals surface area (Å²) in [6.45, 7) is 2.91. The molecule has 0 aromatic heterocycles. The molecule has 5 atom stereocenters. The molecule has 11 heteroatoms. The van der Waals surface area contributed by atoms with Gasteiger partial charge in [0.25, 0.3) is 11.8 Å². The van der Waals surface area contributed by atoms with Crippen LogP contribution in [0.1, 0.15) is 41.5 Å². The lowest BCUT2D eigenvalue weighted by Gasteiger charge is -2.45. The molecule has 0 spiro atoms. The van der Waals surface area contributed by atoms with E-state index in [0.29, 0.717) is 0 Å². The highest BCUT2D eigenvalue weighted by molar-refractivity contribution is 6.21. The van der Waals surface area contributed by atoms with Crippen LogP contribution in [0.15, 0.2) is 24.3 Å². The summed E-state index contributed by atoms with van der Waals surface area (Å²) in [4.78, 5) is 61.8. The second kappa shape index (κ2) is 9.15. The van der Waals surface area contributed by atoms with Gasteiger partial charge in [-0.05, 0) is 12.1 Å². The highest BCUT2D eigenvalue weighted by atomic mass is 16.6. The molecule has 1 saturated heterocycles. The lowest BCUT2D eigenvalue weighted by molar-refractivity contribution is -0.221. The number of amides is 2. The Morgan fingerprint density at radius 1 is 0.969 bits per heavy atom. The van der Waals surface area contributed by atoms with E-state index in [9.17, 15) is 29.2 Å². The number of esters is 3. The van der Waals surface area contributed by atoms with Gasteiger partial charge in [0.15, 0.2) is 18.3 Å². The highest BCUT2D eigenvalue weighted by Crippen LogP contribution is 2.34. The van der Waals surface area contributed by atoms with Crippen LogP contribution in [0.3, 0.4) is 0 Å². The lowest BCUT2D eigenvalue weighted by Crippen LogP contribution is -2.66. The monoisotopic (exact) mass is 444 g/mol. The van der Waals surface area contributed by atoms with Crippen molar-refractivity contribution in [2.24, 2.45) is 0 Å². The number of hydrogen-bond donors (Lipinski definition) is 0. The van der Waals surface area contributed by atoms with E-state index >= 15 is 0 Å². The van der Waals surface area contributed by atoms with Gasteiger partial charge in [-0.3, -0.25) is 28.9 Å². The van der Waals surface area contributed by atoms with Crippen LogP contribution in [-0.2, 0) is 33.3 Å². The van der Waals surface area contributed by atoms with Crippen molar-refractivity contribution in [2.45, 2.75) is 51.2 Å². The average Bonchev–Trinajstić information content (AvgIpc) is 2.98. The van der Waals surface area contributed by atoms with Gasteiger partial charge in [0, 0.05) is 20.8 Å². The number of ether oxygens (including phenoxy) is 4. The minimum Gasteiger partial charge on any atom is -0.463 e. The molecule has 11 nitrogen and oxygen atoms in total. The first-order valence-corrected chi connectivity index (χ1v) is 9.65. The van der Waals surface area contributed by atoms with Gasteiger partial charge in [0.05, 0.1) is 17.2 Å². The van der Waals surface area contributed by atoms with Crippen LogP contribution in [-0.4, -0.2) is 71.7 Å². The van der Waals surface area contributed by atoms with Crippen molar-refractivity contribution >= 4 is 29.7 Å². The molecule has 0 saturated carbocycles. The Labute approximate surface area is 182 Å². The van der Waals surface area contributed by atoms with Crippen LogP contribution < -0.4 is 0 Å². The maximum atomic E-state index is 13.0. The molecule has 2 aliphatic heterocycles. The Balaban J connectivity index is 2.07. The van der Waals surface area contributed by atoms with Crippen LogP contribution >= 0.6 is 0 Å². The molecule has 0 aliphatic carbocycles. The summed E-state index contributed by atoms with van der Waals surface area (Å²) in [5, 5.41) is 9.75. The zero-order chi connectivity index (χ0) is 23.6. The van der Waals surface area contributed by atoms with Crippen molar-refractivity contribution in [1.82, 2.24) is 4.90 Å². The second-order valence-corrected chi connectivity index (χ2v) is 7.19. The van der Waals surface area contributed by atoms with E-state index < -0.39 is 66.8 Å². The normalized spacial score (nSPS) is 26.7. The van der Waals surface area contributed by atoms with E-state index in [4.69, 9.17) is 18.9 Å². The van der Waals surface area contributed by atoms with Gasteiger partial charge in [-0.15, -0.1) is 0 Å². The van der Waals surface area contributed by atoms with Crippen molar-refractivity contribution in [3.8, 4) is 6.07 Å². The number of imide groups is 1. The maximum absolute atomic E-state index is 13.0. The quantitative estimate of drug-likeness (QED) is 0.354. The Hall–Kier alpha value is -3.78. The van der Waals surface area contributed by atoms with E-state index in [2.05, 4.69) is 0 Å². The molecule has 0 N–H and O–H groups in total. The fourth-order valence-corrected chi connectivity index (χ4v) is 3.79. The maximum Gasteiger partial charge on any atom is 0.303 e. The Bertz CT molecular complexity index is 980. The van der Waals surface area contributed by atoms with Crippen molar-refractivity contribution in [3.05, 3.63) is 35.4 Å². The number of fused-ring (bicyclic) bond motifs is 1. The minimum atomic E-state index is -1.46. The number of nitrogens with zero attached hydrogens (tertiary/aromatic N) is 2. The molecule has 0 radical (unpaired) electrons. The minimum absolute atomic E-state index is 0.113. The Morgan fingerprint density at radius 2 is 1.50 bits per heavy atom. The summed E-state index contributed by atoms with van der Waals surface area (Å²) in [6, 6.07) is 6.49. The van der Waals surface area contributed by atoms with Crippen LogP contribution in [0, 0.1) is 11.3 Å². The first kappa shape index (κ1) is 22.9. The van der Waals surface area contributed by atoms with Crippen molar-refractivity contribution in [3.63, 3.8) is 0 Å². The summed E-state index contributed by atoms with van der Waals surface area (Å²) >= 11 is 0. The van der Waals surface area contributed by atoms with Crippen molar-refractivity contribution in [2.75, 3.05) is 6.61 Å². The first-order valence-electron chi connectivity index (χ1n) is 9.65. The zero-order valence-corrected chi connectivity index (χ0v) is 17.5. The number of nitriles is 1. The van der Waals surface area contributed by atoms with Crippen LogP contribution in [0.2, 0.25) is 0 Å². The predicted molar refractivity (Wildman–Crippen MR) is 103 cm³/mol. The first-order chi connectivity index (χ1) is 15.1. The van der Waals surface area contributed by atoms with Crippen LogP contribution in [0.5, 0.6) is 0 Å². The van der Waals surface area contributed by atoms with Gasteiger partial charge in [-0.1, -0.05) is 12.1 Å². The third-order valence-electron chi connectivity index (χ3n) is 4.96. The Morgan fingerprint density at radius 3 is 1.97 bits per heavy atom. The molecule has 3 rings (SSSR count). The summed E-state index contributed by atoms with van der Waals surface area (Å²) in [5.74, 6) is -3.66. The van der Waals surface area contributed by atoms with Gasteiger partial charge in [-0.25, -0.2) is 0 Å². The van der Waals surface area contributed by atoms with Gasteiger partial charge < -0.3 is 18.9 Å². The number of hydrogen-bond acceptors (Lipinski definition) is 10. The molecule has 2 amide bonds. The Kier molecular flexibility index (Phi) is 6.55. The van der Waals surface area contributed by atoms with E-state index in [1.165, 1.54) is 12.1 Å². The molecule has 1 fully saturated rings. The molecule has 1 aromatic rings. The fraction of sp³-hybridized carbons (Fsp3) is 0.429. The molecule has 1 aromatic carbocycles. The summed E-state index contributed by atoms with van der Waals surface area (Å²) in [7, 11) is 0. The standard InChI is InChI=1S/C21H20N2O9/c1-10(24)29-9-16-18(30-11(2)25)19(31-12(3)26)17(15(8-22)32-16)23-20(27)13-6-4-5-7-14(13)21(23)28/h4-7,15-19H,9H2,1-3H3/t15-,16+,17-,18+,19+/m0/s1. The second-order valence-electron chi connectivity index (χ2n) is 7.19. The van der Waals surface area contributed by atoms with Gasteiger partial charge in [0.1, 0.15) is 18.8 Å². The smallest absolute Gasteiger partial charge is 0.303 e. The van der Waals surface area contributed by atoms with Gasteiger partial charge in [0.2, 0.25) is 0 Å². The molecule has 2 aliphatic rings. The average molecular weight is 444 g/mol. The number of rotatable bonds is 5. The van der Waals surface area contributed by atoms with Crippen molar-refractivity contribution in [1.29, 1.82) is 5.26 Å². The number of benzene rings is 1. The third-order valence-corrected chi connectivity index (χ3v) is 4.96. The van der Waals surface area contributed by atoms with E-state index in [-0.39, 0.29) is 11.1 Å². The third kappa shape index (κ3) is 4.31. The van der Waals surface area contributed by atoms with E-state index in [1.54, 1.807) is 12.1 Å². The summed E-state index contributed by atoms with van der Waals surface area (Å²) < 4.78 is 21.3. The summed E-state index contributed by atoms with van der Waals surface area (Å²) in [5.41, 5.74) is 0.226. The van der Waals surface area contributed by atoms with E-state index in [1.807, 2.05) is 6.07 Å².